The van der Waals surface area contributed by atoms with Crippen LogP contribution < -0.4 is 4.74 Å². The molecule has 0 aromatic heterocycles. The standard InChI is InChI=1S/C27H25ClN2O2/c1-32-23-13-11-20(12-14-23)27-24-8-4-7-22(26(24)29-30(27)25(31)17-28)16-18-9-10-19-5-2-3-6-21(19)15-18/h2-3,5-6,9-16,24,27H,4,7-8,17H2,1H3/b22-16+/t24-,27+/m1/s1. The van der Waals surface area contributed by atoms with Crippen molar-refractivity contribution in [1.82, 2.24) is 5.01 Å². The molecule has 1 aliphatic heterocycles. The van der Waals surface area contributed by atoms with Gasteiger partial charge >= 0.3 is 0 Å². The topological polar surface area (TPSA) is 41.9 Å². The number of ether oxygens (including phenoxy) is 1. The average molecular weight is 445 g/mol. The lowest BCUT2D eigenvalue weighted by molar-refractivity contribution is -0.130. The van der Waals surface area contributed by atoms with Gasteiger partial charge in [-0.3, -0.25) is 4.79 Å². The van der Waals surface area contributed by atoms with E-state index in [0.717, 1.165) is 41.9 Å². The molecule has 1 aliphatic carbocycles. The second kappa shape index (κ2) is 8.79. The zero-order valence-corrected chi connectivity index (χ0v) is 18.8. The first kappa shape index (κ1) is 20.8. The van der Waals surface area contributed by atoms with Crippen LogP contribution in [-0.2, 0) is 4.79 Å². The highest BCUT2D eigenvalue weighted by Crippen LogP contribution is 2.44. The molecule has 2 aliphatic rings. The van der Waals surface area contributed by atoms with Crippen molar-refractivity contribution in [3.8, 4) is 5.75 Å². The molecule has 0 radical (unpaired) electrons. The van der Waals surface area contributed by atoms with Gasteiger partial charge in [0.05, 0.1) is 18.9 Å². The summed E-state index contributed by atoms with van der Waals surface area (Å²) in [4.78, 5) is 12.7. The summed E-state index contributed by atoms with van der Waals surface area (Å²) in [5, 5.41) is 8.89. The Hall–Kier alpha value is -3.11. The zero-order valence-electron chi connectivity index (χ0n) is 18.0. The zero-order chi connectivity index (χ0) is 22.1. The number of rotatable bonds is 4. The van der Waals surface area contributed by atoms with Gasteiger partial charge in [0.1, 0.15) is 11.6 Å². The van der Waals surface area contributed by atoms with Crippen molar-refractivity contribution in [3.63, 3.8) is 0 Å². The van der Waals surface area contributed by atoms with Crippen molar-refractivity contribution < 1.29 is 9.53 Å². The Bertz CT molecular complexity index is 1220. The molecule has 0 unspecified atom stereocenters. The van der Waals surface area contributed by atoms with Crippen LogP contribution in [0, 0.1) is 5.92 Å². The lowest BCUT2D eigenvalue weighted by Gasteiger charge is -2.29. The molecule has 3 aromatic rings. The van der Waals surface area contributed by atoms with Gasteiger partial charge in [0.25, 0.3) is 5.91 Å². The van der Waals surface area contributed by atoms with Crippen molar-refractivity contribution >= 4 is 40.1 Å². The fraction of sp³-hybridized carbons (Fsp3) is 0.259. The first-order chi connectivity index (χ1) is 15.7. The number of alkyl halides is 1. The second-order valence-corrected chi connectivity index (χ2v) is 8.62. The SMILES string of the molecule is COc1ccc([C@H]2[C@@H]3CCC/C(=C\c4ccc5ccccc5c4)C3=NN2C(=O)CCl)cc1. The molecule has 0 spiro atoms. The molecule has 1 saturated carbocycles. The Morgan fingerprint density at radius 2 is 1.91 bits per heavy atom. The van der Waals surface area contributed by atoms with Crippen LogP contribution >= 0.6 is 11.6 Å². The molecule has 0 N–H and O–H groups in total. The van der Waals surface area contributed by atoms with Gasteiger partial charge in [-0.15, -0.1) is 11.6 Å². The molecule has 32 heavy (non-hydrogen) atoms. The predicted octanol–water partition coefficient (Wildman–Crippen LogP) is 6.21. The summed E-state index contributed by atoms with van der Waals surface area (Å²) in [7, 11) is 1.65. The third-order valence-electron chi connectivity index (χ3n) is 6.44. The van der Waals surface area contributed by atoms with Crippen LogP contribution in [0.15, 0.2) is 77.4 Å². The van der Waals surface area contributed by atoms with E-state index in [1.807, 2.05) is 24.3 Å². The minimum absolute atomic E-state index is 0.0835. The van der Waals surface area contributed by atoms with Crippen molar-refractivity contribution in [2.45, 2.75) is 25.3 Å². The third kappa shape index (κ3) is 3.80. The lowest BCUT2D eigenvalue weighted by atomic mass is 9.77. The molecule has 1 fully saturated rings. The molecule has 1 heterocycles. The summed E-state index contributed by atoms with van der Waals surface area (Å²) in [5.74, 6) is 0.707. The first-order valence-electron chi connectivity index (χ1n) is 11.0. The largest absolute Gasteiger partial charge is 0.497 e. The summed E-state index contributed by atoms with van der Waals surface area (Å²) in [6, 6.07) is 22.7. The fourth-order valence-electron chi connectivity index (χ4n) is 4.90. The van der Waals surface area contributed by atoms with Crippen LogP contribution in [0.4, 0.5) is 0 Å². The highest BCUT2D eigenvalue weighted by molar-refractivity contribution is 6.27. The molecular formula is C27H25ClN2O2. The monoisotopic (exact) mass is 444 g/mol. The molecule has 5 heteroatoms. The van der Waals surface area contributed by atoms with Gasteiger partial charge in [0.2, 0.25) is 0 Å². The Kier molecular flexibility index (Phi) is 5.71. The van der Waals surface area contributed by atoms with Crippen LogP contribution in [-0.4, -0.2) is 29.6 Å². The number of fused-ring (bicyclic) bond motifs is 2. The van der Waals surface area contributed by atoms with Crippen molar-refractivity contribution in [2.75, 3.05) is 13.0 Å². The molecule has 0 saturated heterocycles. The number of carbonyl (C=O) groups is 1. The molecule has 2 atom stereocenters. The number of hydrogen-bond acceptors (Lipinski definition) is 3. The van der Waals surface area contributed by atoms with Gasteiger partial charge in [-0.25, -0.2) is 5.01 Å². The number of benzene rings is 3. The number of allylic oxidation sites excluding steroid dienone is 1. The Morgan fingerprint density at radius 3 is 2.66 bits per heavy atom. The molecule has 0 bridgehead atoms. The number of hydrazone groups is 1. The van der Waals surface area contributed by atoms with Gasteiger partial charge in [-0.2, -0.15) is 5.10 Å². The van der Waals surface area contributed by atoms with Crippen LogP contribution in [0.2, 0.25) is 0 Å². The third-order valence-corrected chi connectivity index (χ3v) is 6.67. The van der Waals surface area contributed by atoms with E-state index in [1.54, 1.807) is 12.1 Å². The molecular weight excluding hydrogens is 420 g/mol. The predicted molar refractivity (Wildman–Crippen MR) is 130 cm³/mol. The summed E-state index contributed by atoms with van der Waals surface area (Å²) < 4.78 is 5.31. The van der Waals surface area contributed by atoms with Gasteiger partial charge in [-0.05, 0) is 71.0 Å². The number of nitrogens with zero attached hydrogens (tertiary/aromatic N) is 2. The summed E-state index contributed by atoms with van der Waals surface area (Å²) >= 11 is 5.96. The lowest BCUT2D eigenvalue weighted by Crippen LogP contribution is -2.32. The average Bonchev–Trinajstić information content (AvgIpc) is 3.24. The number of amides is 1. The summed E-state index contributed by atoms with van der Waals surface area (Å²) in [6.07, 6.45) is 5.26. The van der Waals surface area contributed by atoms with E-state index < -0.39 is 0 Å². The first-order valence-corrected chi connectivity index (χ1v) is 11.5. The maximum Gasteiger partial charge on any atom is 0.258 e. The van der Waals surface area contributed by atoms with Crippen molar-refractivity contribution in [3.05, 3.63) is 83.4 Å². The Balaban J connectivity index is 1.53. The fourth-order valence-corrected chi connectivity index (χ4v) is 5.02. The molecule has 5 rings (SSSR count). The van der Waals surface area contributed by atoms with E-state index in [1.165, 1.54) is 16.3 Å². The van der Waals surface area contributed by atoms with Gasteiger partial charge in [0.15, 0.2) is 0 Å². The van der Waals surface area contributed by atoms with Crippen LogP contribution in [0.3, 0.4) is 0 Å². The smallest absolute Gasteiger partial charge is 0.258 e. The number of halogens is 1. The molecule has 4 nitrogen and oxygen atoms in total. The molecule has 1 amide bonds. The highest BCUT2D eigenvalue weighted by Gasteiger charge is 2.43. The minimum atomic E-state index is -0.167. The van der Waals surface area contributed by atoms with Gasteiger partial charge in [0, 0.05) is 5.92 Å². The van der Waals surface area contributed by atoms with Crippen LogP contribution in [0.1, 0.15) is 36.4 Å². The summed E-state index contributed by atoms with van der Waals surface area (Å²) in [6.45, 7) is 0. The van der Waals surface area contributed by atoms with Crippen LogP contribution in [0.5, 0.6) is 5.75 Å². The normalized spacial score (nSPS) is 21.5. The Labute approximate surface area is 193 Å². The quantitative estimate of drug-likeness (QED) is 0.449. The number of hydrogen-bond donors (Lipinski definition) is 0. The van der Waals surface area contributed by atoms with E-state index in [4.69, 9.17) is 21.4 Å². The van der Waals surface area contributed by atoms with E-state index in [9.17, 15) is 4.79 Å². The van der Waals surface area contributed by atoms with Crippen LogP contribution in [0.25, 0.3) is 16.8 Å². The summed E-state index contributed by atoms with van der Waals surface area (Å²) in [5.41, 5.74) is 4.44. The van der Waals surface area contributed by atoms with E-state index >= 15 is 0 Å². The van der Waals surface area contributed by atoms with E-state index in [2.05, 4.69) is 48.5 Å². The maximum absolute atomic E-state index is 12.7. The molecule has 162 valence electrons. The van der Waals surface area contributed by atoms with Crippen molar-refractivity contribution in [2.24, 2.45) is 11.0 Å². The highest BCUT2D eigenvalue weighted by atomic mass is 35.5. The second-order valence-electron chi connectivity index (χ2n) is 8.35. The molecule has 3 aromatic carbocycles. The minimum Gasteiger partial charge on any atom is -0.497 e. The maximum atomic E-state index is 12.7. The van der Waals surface area contributed by atoms with E-state index in [0.29, 0.717) is 0 Å². The Morgan fingerprint density at radius 1 is 1.12 bits per heavy atom. The number of methoxy groups -OCH3 is 1. The van der Waals surface area contributed by atoms with Gasteiger partial charge < -0.3 is 4.74 Å². The van der Waals surface area contributed by atoms with Crippen molar-refractivity contribution in [1.29, 1.82) is 0 Å². The van der Waals surface area contributed by atoms with E-state index in [-0.39, 0.29) is 23.7 Å². The van der Waals surface area contributed by atoms with Gasteiger partial charge in [-0.1, -0.05) is 48.5 Å². The number of carbonyl (C=O) groups excluding carboxylic acids is 1.